The number of fused-ring (bicyclic) bond motifs is 1. The van der Waals surface area contributed by atoms with Gasteiger partial charge in [-0.3, -0.25) is 18.9 Å². The van der Waals surface area contributed by atoms with Crippen molar-refractivity contribution in [2.45, 2.75) is 19.2 Å². The van der Waals surface area contributed by atoms with Crippen LogP contribution in [0.25, 0.3) is 10.9 Å². The van der Waals surface area contributed by atoms with Gasteiger partial charge >= 0.3 is 0 Å². The maximum Gasteiger partial charge on any atom is 0.268 e. The molecule has 0 fully saturated rings. The minimum atomic E-state index is -0.368. The van der Waals surface area contributed by atoms with E-state index >= 15 is 0 Å². The molecule has 3 aromatic rings. The number of hydrogen-bond donors (Lipinski definition) is 0. The van der Waals surface area contributed by atoms with E-state index in [1.807, 2.05) is 80.2 Å². The van der Waals surface area contributed by atoms with Gasteiger partial charge in [0.05, 0.1) is 26.2 Å². The van der Waals surface area contributed by atoms with E-state index in [9.17, 15) is 4.79 Å². The Morgan fingerprint density at radius 2 is 2.16 bits per heavy atom. The Kier molecular flexibility index (Phi) is 5.17. The molecule has 3 rings (SSSR count). The molecule has 2 aromatic heterocycles. The van der Waals surface area contributed by atoms with Crippen molar-refractivity contribution in [3.8, 4) is 0 Å². The molecular formula is C19H22BN3O2. The number of nitrogens with zero attached hydrogens (tertiary/aromatic N) is 3. The Balaban J connectivity index is 1.93. The summed E-state index contributed by atoms with van der Waals surface area (Å²) in [6.45, 7) is 2.20. The number of pyridine rings is 1. The molecule has 0 aliphatic carbocycles. The van der Waals surface area contributed by atoms with E-state index in [2.05, 4.69) is 4.98 Å². The summed E-state index contributed by atoms with van der Waals surface area (Å²) < 4.78 is 9.29. The van der Waals surface area contributed by atoms with Crippen molar-refractivity contribution in [2.24, 2.45) is 14.1 Å². The number of imidazole rings is 1. The molecule has 1 unspecified atom stereocenters. The van der Waals surface area contributed by atoms with Gasteiger partial charge in [-0.25, -0.2) is 0 Å². The first kappa shape index (κ1) is 17.2. The van der Waals surface area contributed by atoms with Gasteiger partial charge in [-0.05, 0) is 25.0 Å². The van der Waals surface area contributed by atoms with Crippen LogP contribution in [0.15, 0.2) is 48.9 Å². The van der Waals surface area contributed by atoms with Gasteiger partial charge in [0.25, 0.3) is 5.97 Å². The maximum absolute atomic E-state index is 12.5. The van der Waals surface area contributed by atoms with Crippen LogP contribution in [-0.4, -0.2) is 29.4 Å². The van der Waals surface area contributed by atoms with Gasteiger partial charge in [-0.1, -0.05) is 24.3 Å². The van der Waals surface area contributed by atoms with E-state index in [4.69, 9.17) is 4.74 Å². The third kappa shape index (κ3) is 3.73. The number of aromatic nitrogens is 3. The highest BCUT2D eigenvalue weighted by molar-refractivity contribution is 6.56. The van der Waals surface area contributed by atoms with E-state index in [1.165, 1.54) is 0 Å². The smallest absolute Gasteiger partial charge is 0.268 e. The molecule has 0 N–H and O–H groups in total. The fourth-order valence-electron chi connectivity index (χ4n) is 3.05. The number of rotatable bonds is 6. The maximum atomic E-state index is 12.5. The lowest BCUT2D eigenvalue weighted by Gasteiger charge is -2.25. The largest absolute Gasteiger partial charge is 0.468 e. The second kappa shape index (κ2) is 7.51. The minimum Gasteiger partial charge on any atom is -0.468 e. The number of esters is 1. The first-order valence-corrected chi connectivity index (χ1v) is 8.45. The molecule has 0 saturated heterocycles. The lowest BCUT2D eigenvalue weighted by atomic mass is 9.61. The van der Waals surface area contributed by atoms with Crippen molar-refractivity contribution in [3.63, 3.8) is 0 Å². The Morgan fingerprint density at radius 1 is 1.36 bits per heavy atom. The van der Waals surface area contributed by atoms with Gasteiger partial charge < -0.3 is 4.74 Å². The van der Waals surface area contributed by atoms with Crippen LogP contribution in [0.1, 0.15) is 12.5 Å². The van der Waals surface area contributed by atoms with Crippen molar-refractivity contribution >= 4 is 29.9 Å². The first-order valence-electron chi connectivity index (χ1n) is 8.45. The van der Waals surface area contributed by atoms with E-state index in [0.29, 0.717) is 13.0 Å². The second-order valence-electron chi connectivity index (χ2n) is 6.10. The van der Waals surface area contributed by atoms with Gasteiger partial charge in [0.2, 0.25) is 0 Å². The molecule has 0 spiro atoms. The average molecular weight is 335 g/mol. The third-order valence-corrected chi connectivity index (χ3v) is 4.33. The molecule has 0 saturated carbocycles. The van der Waals surface area contributed by atoms with Crippen LogP contribution in [0.4, 0.5) is 0 Å². The molecule has 1 aromatic carbocycles. The van der Waals surface area contributed by atoms with E-state index in [1.54, 1.807) is 6.20 Å². The van der Waals surface area contributed by atoms with Gasteiger partial charge in [0.15, 0.2) is 0 Å². The number of benzene rings is 1. The average Bonchev–Trinajstić information content (AvgIpc) is 2.93. The SMILES string of the molecule is CCOC(=O)C([B-]c1n(C)cc[n+]1C)Cc1cccc2cccnc12. The van der Waals surface area contributed by atoms with Crippen LogP contribution in [0.2, 0.25) is 5.82 Å². The molecule has 25 heavy (non-hydrogen) atoms. The van der Waals surface area contributed by atoms with Gasteiger partial charge in [0.1, 0.15) is 12.4 Å². The monoisotopic (exact) mass is 335 g/mol. The number of para-hydroxylation sites is 1. The summed E-state index contributed by atoms with van der Waals surface area (Å²) in [6, 6.07) is 10.0. The topological polar surface area (TPSA) is 48.0 Å². The van der Waals surface area contributed by atoms with Gasteiger partial charge in [0, 0.05) is 17.3 Å². The van der Waals surface area contributed by atoms with E-state index in [0.717, 1.165) is 22.2 Å². The number of aryl methyl sites for hydroxylation is 2. The number of ether oxygens (including phenoxy) is 1. The van der Waals surface area contributed by atoms with Crippen LogP contribution < -0.4 is 10.3 Å². The van der Waals surface area contributed by atoms with E-state index < -0.39 is 0 Å². The van der Waals surface area contributed by atoms with Crippen LogP contribution in [-0.2, 0) is 30.0 Å². The number of hydrogen-bond acceptors (Lipinski definition) is 3. The summed E-state index contributed by atoms with van der Waals surface area (Å²) in [5, 5.41) is 1.08. The fraction of sp³-hybridized carbons (Fsp3) is 0.316. The zero-order valence-electron chi connectivity index (χ0n) is 14.8. The Hall–Kier alpha value is -2.63. The number of carbonyl (C=O) groups is 1. The fourth-order valence-corrected chi connectivity index (χ4v) is 3.05. The molecule has 2 heterocycles. The van der Waals surface area contributed by atoms with Gasteiger partial charge in [-0.2, -0.15) is 7.28 Å². The Bertz CT molecular complexity index is 867. The van der Waals surface area contributed by atoms with Crippen molar-refractivity contribution in [2.75, 3.05) is 6.61 Å². The van der Waals surface area contributed by atoms with Crippen LogP contribution in [0, 0.1) is 0 Å². The predicted molar refractivity (Wildman–Crippen MR) is 97.8 cm³/mol. The molecule has 1 atom stereocenters. The summed E-state index contributed by atoms with van der Waals surface area (Å²) in [4.78, 5) is 17.0. The molecule has 128 valence electrons. The summed E-state index contributed by atoms with van der Waals surface area (Å²) >= 11 is 0. The normalized spacial score (nSPS) is 12.3. The molecule has 5 nitrogen and oxygen atoms in total. The molecule has 0 aliphatic rings. The highest BCUT2D eigenvalue weighted by Crippen LogP contribution is 2.22. The van der Waals surface area contributed by atoms with Crippen molar-refractivity contribution in [3.05, 3.63) is 54.5 Å². The highest BCUT2D eigenvalue weighted by atomic mass is 16.5. The standard InChI is InChI=1S/C19H22BN3O2/c1-4-25-18(24)16(20-19-22(2)11-12-23(19)3)13-15-8-5-7-14-9-6-10-21-17(14)15/h5-12,16H,4,13H2,1-3H3. The van der Waals surface area contributed by atoms with E-state index in [-0.39, 0.29) is 11.8 Å². The van der Waals surface area contributed by atoms with Gasteiger partial charge in [-0.15, -0.1) is 5.82 Å². The lowest BCUT2D eigenvalue weighted by molar-refractivity contribution is -0.653. The van der Waals surface area contributed by atoms with Crippen LogP contribution in [0.3, 0.4) is 0 Å². The van der Waals surface area contributed by atoms with Crippen LogP contribution >= 0.6 is 0 Å². The molecule has 6 heteroatoms. The number of carbonyl (C=O) groups excluding carboxylic acids is 1. The Labute approximate surface area is 148 Å². The summed E-state index contributed by atoms with van der Waals surface area (Å²) in [5.74, 6) is -0.580. The molecule has 0 aliphatic heterocycles. The Morgan fingerprint density at radius 3 is 2.88 bits per heavy atom. The highest BCUT2D eigenvalue weighted by Gasteiger charge is 2.16. The summed E-state index contributed by atoms with van der Waals surface area (Å²) in [5.41, 5.74) is 2.94. The minimum absolute atomic E-state index is 0.211. The molecule has 2 radical (unpaired) electrons. The zero-order valence-corrected chi connectivity index (χ0v) is 14.8. The van der Waals surface area contributed by atoms with Crippen molar-refractivity contribution in [1.82, 2.24) is 9.55 Å². The van der Waals surface area contributed by atoms with Crippen molar-refractivity contribution < 1.29 is 14.1 Å². The quantitative estimate of drug-likeness (QED) is 0.388. The lowest BCUT2D eigenvalue weighted by Crippen LogP contribution is -2.51. The molecular weight excluding hydrogens is 313 g/mol. The predicted octanol–water partition coefficient (Wildman–Crippen LogP) is 1.32. The molecule has 0 bridgehead atoms. The summed E-state index contributed by atoms with van der Waals surface area (Å²) in [6.07, 6.45) is 6.27. The van der Waals surface area contributed by atoms with Crippen molar-refractivity contribution in [1.29, 1.82) is 0 Å². The third-order valence-electron chi connectivity index (χ3n) is 4.33. The molecule has 0 amide bonds. The van der Waals surface area contributed by atoms with Crippen LogP contribution in [0.5, 0.6) is 0 Å². The first-order chi connectivity index (χ1) is 12.1. The summed E-state index contributed by atoms with van der Waals surface area (Å²) in [7, 11) is 5.90. The second-order valence-corrected chi connectivity index (χ2v) is 6.10. The zero-order chi connectivity index (χ0) is 17.8.